The molecule has 1 spiro atoms. The number of aliphatic hydroxyl groups excluding tert-OH is 2. The number of hydrogen-bond donors (Lipinski definition) is 2. The second-order valence-corrected chi connectivity index (χ2v) is 14.1. The number of carbonyl (C=O) groups excluding carboxylic acids is 1. The number of β-amino-alcohol motifs (C(OH)–C–C–N with tert-alkyl or cyclic N) is 1. The number of halogens is 2. The van der Waals surface area contributed by atoms with Crippen LogP contribution in [0.1, 0.15) is 51.4 Å². The quantitative estimate of drug-likeness (QED) is 0.215. The van der Waals surface area contributed by atoms with Gasteiger partial charge in [-0.1, -0.05) is 59.6 Å². The Bertz CT molecular complexity index is 1970. The van der Waals surface area contributed by atoms with Gasteiger partial charge in [-0.25, -0.2) is 9.97 Å². The number of Topliss-reactive ketones (excluding diaryl/α,β-unsaturated/α-hetero) is 1. The Morgan fingerprint density at radius 1 is 1.08 bits per heavy atom. The fourth-order valence-corrected chi connectivity index (χ4v) is 8.14. The molecule has 1 saturated heterocycles. The van der Waals surface area contributed by atoms with Gasteiger partial charge in [0.1, 0.15) is 11.4 Å². The first-order chi connectivity index (χ1) is 23.7. The van der Waals surface area contributed by atoms with Crippen molar-refractivity contribution < 1.29 is 19.7 Å². The van der Waals surface area contributed by atoms with Gasteiger partial charge in [0.15, 0.2) is 5.78 Å². The molecule has 49 heavy (non-hydrogen) atoms. The number of likely N-dealkylation sites (tertiary alicyclic amines) is 1. The standard InChI is InChI=1S/C37H36Cl2N6O4/c1-49-36-32(19-45-20-37(21-45)14-24(47)15-37)41-17-30(43-36)28-7-3-6-27(35(28)39)26-5-2-4-22(34(26)38)13-33(48)29-12-23(16-40)25-8-9-44(10-11-46)18-31(25)42-29/h2-7,12,17,24,46-47H,8-11,13-15,18-21H2,1H3. The van der Waals surface area contributed by atoms with E-state index < -0.39 is 0 Å². The van der Waals surface area contributed by atoms with E-state index >= 15 is 0 Å². The summed E-state index contributed by atoms with van der Waals surface area (Å²) in [6, 6.07) is 14.9. The van der Waals surface area contributed by atoms with Crippen molar-refractivity contribution in [3.8, 4) is 34.3 Å². The molecule has 1 aliphatic carbocycles. The molecule has 0 unspecified atom stereocenters. The molecule has 7 rings (SSSR count). The van der Waals surface area contributed by atoms with Crippen LogP contribution in [0.3, 0.4) is 0 Å². The van der Waals surface area contributed by atoms with Gasteiger partial charge in [-0.2, -0.15) is 5.26 Å². The molecule has 0 bridgehead atoms. The number of benzene rings is 2. The average molecular weight is 700 g/mol. The van der Waals surface area contributed by atoms with Crippen molar-refractivity contribution >= 4 is 29.0 Å². The van der Waals surface area contributed by atoms with Gasteiger partial charge in [-0.3, -0.25) is 19.6 Å². The third kappa shape index (κ3) is 6.55. The summed E-state index contributed by atoms with van der Waals surface area (Å²) in [6.07, 6.45) is 3.89. The smallest absolute Gasteiger partial charge is 0.237 e. The first-order valence-corrected chi connectivity index (χ1v) is 17.1. The third-order valence-corrected chi connectivity index (χ3v) is 10.8. The number of hydrogen-bond acceptors (Lipinski definition) is 10. The monoisotopic (exact) mass is 698 g/mol. The van der Waals surface area contributed by atoms with Crippen LogP contribution in [0.4, 0.5) is 0 Å². The Labute approximate surface area is 294 Å². The highest BCUT2D eigenvalue weighted by Gasteiger charge is 2.51. The van der Waals surface area contributed by atoms with Crippen LogP contribution in [0.25, 0.3) is 22.4 Å². The molecule has 1 saturated carbocycles. The van der Waals surface area contributed by atoms with Crippen molar-refractivity contribution in [1.82, 2.24) is 24.8 Å². The van der Waals surface area contributed by atoms with E-state index in [4.69, 9.17) is 37.9 Å². The molecule has 4 heterocycles. The average Bonchev–Trinajstić information content (AvgIpc) is 3.07. The van der Waals surface area contributed by atoms with Gasteiger partial charge in [0.05, 0.1) is 59.1 Å². The largest absolute Gasteiger partial charge is 0.480 e. The molecule has 2 N–H and O–H groups in total. The molecule has 252 valence electrons. The summed E-state index contributed by atoms with van der Waals surface area (Å²) in [5, 5.41) is 29.8. The number of rotatable bonds is 10. The maximum Gasteiger partial charge on any atom is 0.237 e. The summed E-state index contributed by atoms with van der Waals surface area (Å²) in [5.74, 6) is 0.183. The molecular formula is C37H36Cl2N6O4. The highest BCUT2D eigenvalue weighted by atomic mass is 35.5. The zero-order chi connectivity index (χ0) is 34.3. The normalized spacial score (nSPS) is 17.2. The summed E-state index contributed by atoms with van der Waals surface area (Å²) in [4.78, 5) is 32.0. The Morgan fingerprint density at radius 2 is 1.82 bits per heavy atom. The van der Waals surface area contributed by atoms with E-state index in [2.05, 4.69) is 20.9 Å². The Kier molecular flexibility index (Phi) is 9.41. The van der Waals surface area contributed by atoms with Crippen molar-refractivity contribution in [1.29, 1.82) is 5.26 Å². The van der Waals surface area contributed by atoms with E-state index in [9.17, 15) is 20.3 Å². The van der Waals surface area contributed by atoms with Gasteiger partial charge in [-0.05, 0) is 36.5 Å². The molecule has 3 aliphatic rings. The highest BCUT2D eigenvalue weighted by molar-refractivity contribution is 6.38. The van der Waals surface area contributed by atoms with E-state index in [-0.39, 0.29) is 36.0 Å². The molecule has 0 atom stereocenters. The maximum atomic E-state index is 13.6. The molecule has 12 heteroatoms. The second kappa shape index (κ2) is 13.8. The molecule has 2 aromatic heterocycles. The number of methoxy groups -OCH3 is 1. The fourth-order valence-electron chi connectivity index (χ4n) is 7.52. The number of carbonyl (C=O) groups is 1. The van der Waals surface area contributed by atoms with E-state index in [0.717, 1.165) is 43.7 Å². The zero-order valence-corrected chi connectivity index (χ0v) is 28.6. The summed E-state index contributed by atoms with van der Waals surface area (Å²) < 4.78 is 5.64. The van der Waals surface area contributed by atoms with E-state index in [1.165, 1.54) is 0 Å². The zero-order valence-electron chi connectivity index (χ0n) is 27.1. The van der Waals surface area contributed by atoms with Crippen molar-refractivity contribution in [3.63, 3.8) is 0 Å². The first kappa shape index (κ1) is 33.5. The number of nitriles is 1. The lowest BCUT2D eigenvalue weighted by molar-refractivity contribution is -0.131. The van der Waals surface area contributed by atoms with Crippen molar-refractivity contribution in [3.05, 3.63) is 92.5 Å². The SMILES string of the molecule is COc1nc(-c2cccc(-c3cccc(CC(=O)c4cc(C#N)c5c(n4)CN(CCO)CC5)c3Cl)c2Cl)cnc1CN1CC2(CC(O)C2)C1. The van der Waals surface area contributed by atoms with Crippen LogP contribution in [0, 0.1) is 16.7 Å². The summed E-state index contributed by atoms with van der Waals surface area (Å²) in [6.45, 7) is 4.22. The van der Waals surface area contributed by atoms with Crippen molar-refractivity contribution in [2.45, 2.75) is 44.9 Å². The summed E-state index contributed by atoms with van der Waals surface area (Å²) in [5.41, 5.74) is 6.40. The minimum Gasteiger partial charge on any atom is -0.480 e. The molecule has 0 amide bonds. The highest BCUT2D eigenvalue weighted by Crippen LogP contribution is 2.49. The minimum atomic E-state index is -0.251. The maximum absolute atomic E-state index is 13.6. The van der Waals surface area contributed by atoms with Crippen LogP contribution in [-0.4, -0.2) is 86.7 Å². The van der Waals surface area contributed by atoms with E-state index in [0.29, 0.717) is 81.2 Å². The number of ketones is 1. The van der Waals surface area contributed by atoms with Gasteiger partial charge < -0.3 is 14.9 Å². The lowest BCUT2D eigenvalue weighted by Crippen LogP contribution is -2.63. The van der Waals surface area contributed by atoms with Crippen molar-refractivity contribution in [2.75, 3.05) is 39.9 Å². The Hall–Kier alpha value is -3.95. The number of pyridine rings is 1. The minimum absolute atomic E-state index is 0.0101. The number of ether oxygens (including phenoxy) is 1. The van der Waals surface area contributed by atoms with Gasteiger partial charge >= 0.3 is 0 Å². The van der Waals surface area contributed by atoms with Crippen LogP contribution < -0.4 is 4.74 Å². The Balaban J connectivity index is 1.11. The van der Waals surface area contributed by atoms with E-state index in [1.54, 1.807) is 25.4 Å². The third-order valence-electron chi connectivity index (χ3n) is 9.91. The summed E-state index contributed by atoms with van der Waals surface area (Å²) in [7, 11) is 1.58. The Morgan fingerprint density at radius 3 is 2.53 bits per heavy atom. The predicted octanol–water partition coefficient (Wildman–Crippen LogP) is 5.13. The first-order valence-electron chi connectivity index (χ1n) is 16.4. The lowest BCUT2D eigenvalue weighted by Gasteiger charge is -2.57. The number of aliphatic hydroxyl groups is 2. The number of fused-ring (bicyclic) bond motifs is 1. The molecule has 0 radical (unpaired) electrons. The molecule has 2 aliphatic heterocycles. The topological polar surface area (TPSA) is 136 Å². The van der Waals surface area contributed by atoms with Crippen LogP contribution in [0.5, 0.6) is 5.88 Å². The van der Waals surface area contributed by atoms with Crippen molar-refractivity contribution in [2.24, 2.45) is 5.41 Å². The summed E-state index contributed by atoms with van der Waals surface area (Å²) >= 11 is 14.0. The number of aromatic nitrogens is 3. The second-order valence-electron chi connectivity index (χ2n) is 13.3. The van der Waals surface area contributed by atoms with Crippen LogP contribution in [0.2, 0.25) is 10.0 Å². The van der Waals surface area contributed by atoms with Crippen LogP contribution >= 0.6 is 23.2 Å². The van der Waals surface area contributed by atoms with Crippen LogP contribution in [0.15, 0.2) is 48.7 Å². The molecular weight excluding hydrogens is 663 g/mol. The molecule has 2 aromatic carbocycles. The van der Waals surface area contributed by atoms with Gasteiger partial charge in [0.25, 0.3) is 0 Å². The van der Waals surface area contributed by atoms with Gasteiger partial charge in [-0.15, -0.1) is 0 Å². The number of nitrogens with zero attached hydrogens (tertiary/aromatic N) is 6. The fraction of sp³-hybridized carbons (Fsp3) is 0.378. The molecule has 2 fully saturated rings. The predicted molar refractivity (Wildman–Crippen MR) is 185 cm³/mol. The molecule has 4 aromatic rings. The van der Waals surface area contributed by atoms with Crippen LogP contribution in [-0.2, 0) is 25.9 Å². The lowest BCUT2D eigenvalue weighted by atomic mass is 9.62. The van der Waals surface area contributed by atoms with E-state index in [1.807, 2.05) is 30.3 Å². The van der Waals surface area contributed by atoms with Gasteiger partial charge in [0, 0.05) is 67.8 Å². The van der Waals surface area contributed by atoms with Gasteiger partial charge in [0.2, 0.25) is 5.88 Å². The molecule has 10 nitrogen and oxygen atoms in total.